The molecule has 132 valence electrons. The van der Waals surface area contributed by atoms with Gasteiger partial charge in [0.05, 0.1) is 41.8 Å². The van der Waals surface area contributed by atoms with Crippen molar-refractivity contribution in [3.05, 3.63) is 29.8 Å². The highest BCUT2D eigenvalue weighted by Crippen LogP contribution is 2.15. The molecular formula is C13H15ClF3N5O2. The SMILES string of the molecule is C[C@H](Cn1cc(Cl)cn1)C(=O)Nc1cnn(COCC(F)(F)F)c1. The lowest BCUT2D eigenvalue weighted by molar-refractivity contribution is -0.182. The molecule has 0 aliphatic carbocycles. The molecule has 1 N–H and O–H groups in total. The largest absolute Gasteiger partial charge is 0.411 e. The fourth-order valence-corrected chi connectivity index (χ4v) is 1.98. The zero-order valence-corrected chi connectivity index (χ0v) is 13.4. The van der Waals surface area contributed by atoms with Crippen LogP contribution in [-0.4, -0.2) is 38.3 Å². The van der Waals surface area contributed by atoms with Crippen molar-refractivity contribution in [2.75, 3.05) is 11.9 Å². The first-order valence-electron chi connectivity index (χ1n) is 6.89. The minimum Gasteiger partial charge on any atom is -0.350 e. The number of nitrogens with zero attached hydrogens (tertiary/aromatic N) is 4. The maximum Gasteiger partial charge on any atom is 0.411 e. The molecule has 0 saturated heterocycles. The van der Waals surface area contributed by atoms with E-state index in [-0.39, 0.29) is 12.6 Å². The van der Waals surface area contributed by atoms with Gasteiger partial charge in [0.15, 0.2) is 0 Å². The normalized spacial score (nSPS) is 13.0. The molecule has 1 atom stereocenters. The summed E-state index contributed by atoms with van der Waals surface area (Å²) in [4.78, 5) is 12.1. The van der Waals surface area contributed by atoms with E-state index in [0.29, 0.717) is 17.3 Å². The van der Waals surface area contributed by atoms with Gasteiger partial charge in [-0.05, 0) is 0 Å². The molecule has 0 fully saturated rings. The molecule has 2 heterocycles. The highest BCUT2D eigenvalue weighted by molar-refractivity contribution is 6.30. The topological polar surface area (TPSA) is 74.0 Å². The molecule has 0 aliphatic heterocycles. The molecule has 2 aromatic heterocycles. The zero-order valence-electron chi connectivity index (χ0n) is 12.6. The Balaban J connectivity index is 1.81. The van der Waals surface area contributed by atoms with Crippen LogP contribution < -0.4 is 5.32 Å². The first-order valence-corrected chi connectivity index (χ1v) is 7.26. The Bertz CT molecular complexity index is 685. The van der Waals surface area contributed by atoms with Gasteiger partial charge in [-0.3, -0.25) is 9.48 Å². The summed E-state index contributed by atoms with van der Waals surface area (Å²) >= 11 is 5.75. The number of carbonyl (C=O) groups excluding carboxylic acids is 1. The molecule has 0 aliphatic rings. The van der Waals surface area contributed by atoms with Crippen LogP contribution in [0.2, 0.25) is 5.02 Å². The summed E-state index contributed by atoms with van der Waals surface area (Å²) in [6, 6.07) is 0. The Labute approximate surface area is 140 Å². The monoisotopic (exact) mass is 365 g/mol. The van der Waals surface area contributed by atoms with Crippen LogP contribution in [0.25, 0.3) is 0 Å². The maximum atomic E-state index is 12.1. The number of anilines is 1. The van der Waals surface area contributed by atoms with Gasteiger partial charge in [0.25, 0.3) is 0 Å². The second kappa shape index (κ2) is 7.67. The predicted molar refractivity (Wildman–Crippen MR) is 79.3 cm³/mol. The lowest BCUT2D eigenvalue weighted by atomic mass is 10.1. The third-order valence-corrected chi connectivity index (χ3v) is 3.10. The Morgan fingerprint density at radius 3 is 2.67 bits per heavy atom. The van der Waals surface area contributed by atoms with E-state index in [1.807, 2.05) is 0 Å². The third-order valence-electron chi connectivity index (χ3n) is 2.90. The molecule has 2 rings (SSSR count). The molecule has 24 heavy (non-hydrogen) atoms. The Morgan fingerprint density at radius 1 is 1.33 bits per heavy atom. The number of aromatic nitrogens is 4. The molecule has 2 aromatic rings. The van der Waals surface area contributed by atoms with Gasteiger partial charge in [0.1, 0.15) is 13.3 Å². The average molecular weight is 366 g/mol. The van der Waals surface area contributed by atoms with E-state index in [1.54, 1.807) is 17.8 Å². The molecule has 0 saturated carbocycles. The molecule has 7 nitrogen and oxygen atoms in total. The molecular weight excluding hydrogens is 351 g/mol. The van der Waals surface area contributed by atoms with Crippen molar-refractivity contribution in [1.29, 1.82) is 0 Å². The van der Waals surface area contributed by atoms with Crippen molar-refractivity contribution < 1.29 is 22.7 Å². The van der Waals surface area contributed by atoms with E-state index < -0.39 is 18.7 Å². The van der Waals surface area contributed by atoms with Crippen molar-refractivity contribution in [1.82, 2.24) is 19.6 Å². The van der Waals surface area contributed by atoms with Gasteiger partial charge >= 0.3 is 6.18 Å². The van der Waals surface area contributed by atoms with Crippen molar-refractivity contribution in [3.63, 3.8) is 0 Å². The lowest BCUT2D eigenvalue weighted by Crippen LogP contribution is -2.24. The van der Waals surface area contributed by atoms with Crippen LogP contribution in [0.15, 0.2) is 24.8 Å². The molecule has 0 spiro atoms. The Kier molecular flexibility index (Phi) is 5.84. The minimum atomic E-state index is -4.39. The van der Waals surface area contributed by atoms with E-state index in [2.05, 4.69) is 20.3 Å². The molecule has 0 aromatic carbocycles. The van der Waals surface area contributed by atoms with E-state index in [9.17, 15) is 18.0 Å². The molecule has 0 radical (unpaired) electrons. The van der Waals surface area contributed by atoms with Crippen molar-refractivity contribution >= 4 is 23.2 Å². The number of rotatable bonds is 7. The summed E-state index contributed by atoms with van der Waals surface area (Å²) in [6.45, 7) is 0.317. The highest BCUT2D eigenvalue weighted by Gasteiger charge is 2.27. The van der Waals surface area contributed by atoms with Crippen molar-refractivity contribution in [2.45, 2.75) is 26.4 Å². The van der Waals surface area contributed by atoms with Crippen LogP contribution in [-0.2, 0) is 22.8 Å². The summed E-state index contributed by atoms with van der Waals surface area (Å²) in [5, 5.41) is 10.9. The summed E-state index contributed by atoms with van der Waals surface area (Å²) < 4.78 is 43.1. The van der Waals surface area contributed by atoms with E-state index in [1.165, 1.54) is 18.6 Å². The quantitative estimate of drug-likeness (QED) is 0.818. The third kappa shape index (κ3) is 5.85. The van der Waals surface area contributed by atoms with Crippen LogP contribution in [0.5, 0.6) is 0 Å². The van der Waals surface area contributed by atoms with E-state index in [0.717, 1.165) is 4.68 Å². The van der Waals surface area contributed by atoms with Crippen LogP contribution in [0, 0.1) is 5.92 Å². The number of halogens is 4. The lowest BCUT2D eigenvalue weighted by Gasteiger charge is -2.11. The van der Waals surface area contributed by atoms with Crippen LogP contribution in [0.3, 0.4) is 0 Å². The Morgan fingerprint density at radius 2 is 2.04 bits per heavy atom. The number of carbonyl (C=O) groups is 1. The van der Waals surface area contributed by atoms with Crippen LogP contribution >= 0.6 is 11.6 Å². The smallest absolute Gasteiger partial charge is 0.350 e. The van der Waals surface area contributed by atoms with Gasteiger partial charge < -0.3 is 10.1 Å². The standard InChI is InChI=1S/C13H15ClF3N5O2/c1-9(4-21-5-10(14)2-18-21)12(23)20-11-3-19-22(6-11)8-24-7-13(15,16)17/h2-3,5-6,9H,4,7-8H2,1H3,(H,20,23)/t9-/m1/s1. The molecule has 0 unspecified atom stereocenters. The number of hydrogen-bond donors (Lipinski definition) is 1. The molecule has 0 bridgehead atoms. The van der Waals surface area contributed by atoms with Crippen LogP contribution in [0.1, 0.15) is 6.92 Å². The zero-order chi connectivity index (χ0) is 17.7. The van der Waals surface area contributed by atoms with Gasteiger partial charge in [-0.25, -0.2) is 4.68 Å². The number of alkyl halides is 3. The summed E-state index contributed by atoms with van der Waals surface area (Å²) in [5.41, 5.74) is 0.362. The van der Waals surface area contributed by atoms with Crippen molar-refractivity contribution in [2.24, 2.45) is 5.92 Å². The van der Waals surface area contributed by atoms with Gasteiger partial charge in [-0.15, -0.1) is 0 Å². The molecule has 1 amide bonds. The number of hydrogen-bond acceptors (Lipinski definition) is 4. The predicted octanol–water partition coefficient (Wildman–Crippen LogP) is 2.54. The van der Waals surface area contributed by atoms with E-state index >= 15 is 0 Å². The first kappa shape index (κ1) is 18.3. The van der Waals surface area contributed by atoms with Gasteiger partial charge in [-0.2, -0.15) is 23.4 Å². The second-order valence-electron chi connectivity index (χ2n) is 5.13. The summed E-state index contributed by atoms with van der Waals surface area (Å²) in [7, 11) is 0. The van der Waals surface area contributed by atoms with Gasteiger partial charge in [0, 0.05) is 6.20 Å². The van der Waals surface area contributed by atoms with E-state index in [4.69, 9.17) is 11.6 Å². The fraction of sp³-hybridized carbons (Fsp3) is 0.462. The second-order valence-corrected chi connectivity index (χ2v) is 5.57. The first-order chi connectivity index (χ1) is 11.2. The average Bonchev–Trinajstić information content (AvgIpc) is 3.07. The minimum absolute atomic E-state index is 0.280. The number of ether oxygens (including phenoxy) is 1. The number of amides is 1. The van der Waals surface area contributed by atoms with Crippen molar-refractivity contribution in [3.8, 4) is 0 Å². The summed E-state index contributed by atoms with van der Waals surface area (Å²) in [6.07, 6.45) is 1.38. The number of nitrogens with one attached hydrogen (secondary N) is 1. The van der Waals surface area contributed by atoms with Gasteiger partial charge in [-0.1, -0.05) is 18.5 Å². The Hall–Kier alpha value is -2.07. The fourth-order valence-electron chi connectivity index (χ4n) is 1.82. The molecule has 11 heteroatoms. The van der Waals surface area contributed by atoms with Gasteiger partial charge in [0.2, 0.25) is 5.91 Å². The maximum absolute atomic E-state index is 12.1. The summed E-state index contributed by atoms with van der Waals surface area (Å²) in [5.74, 6) is -0.678. The van der Waals surface area contributed by atoms with Crippen LogP contribution in [0.4, 0.5) is 18.9 Å². The highest BCUT2D eigenvalue weighted by atomic mass is 35.5.